The molecule has 0 saturated heterocycles. The lowest BCUT2D eigenvalue weighted by Gasteiger charge is -2.11. The average Bonchev–Trinajstić information content (AvgIpc) is 2.40. The zero-order chi connectivity index (χ0) is 15.2. The van der Waals surface area contributed by atoms with E-state index in [9.17, 15) is 0 Å². The van der Waals surface area contributed by atoms with Gasteiger partial charge in [-0.25, -0.2) is 4.98 Å². The summed E-state index contributed by atoms with van der Waals surface area (Å²) < 4.78 is 1.05. The Hall–Kier alpha value is -1.62. The van der Waals surface area contributed by atoms with Gasteiger partial charge in [-0.2, -0.15) is 4.98 Å². The predicted molar refractivity (Wildman–Crippen MR) is 92.1 cm³/mol. The Morgan fingerprint density at radius 3 is 2.52 bits per heavy atom. The molecule has 0 saturated carbocycles. The summed E-state index contributed by atoms with van der Waals surface area (Å²) in [7, 11) is 0. The van der Waals surface area contributed by atoms with Gasteiger partial charge in [-0.3, -0.25) is 0 Å². The molecule has 0 aliphatic rings. The van der Waals surface area contributed by atoms with Crippen molar-refractivity contribution in [1.82, 2.24) is 9.97 Å². The molecule has 0 aliphatic carbocycles. The third-order valence-corrected chi connectivity index (χ3v) is 3.51. The highest BCUT2D eigenvalue weighted by atomic mass is 79.9. The lowest BCUT2D eigenvalue weighted by atomic mass is 10.1. The van der Waals surface area contributed by atoms with Crippen LogP contribution in [-0.2, 0) is 0 Å². The average molecular weight is 349 g/mol. The van der Waals surface area contributed by atoms with E-state index in [1.54, 1.807) is 0 Å². The van der Waals surface area contributed by atoms with E-state index >= 15 is 0 Å². The van der Waals surface area contributed by atoms with E-state index in [0.29, 0.717) is 11.9 Å². The Kier molecular flexibility index (Phi) is 5.56. The number of anilines is 3. The van der Waals surface area contributed by atoms with E-state index in [4.69, 9.17) is 0 Å². The maximum atomic E-state index is 4.50. The molecule has 1 heterocycles. The highest BCUT2D eigenvalue weighted by molar-refractivity contribution is 9.10. The van der Waals surface area contributed by atoms with Crippen LogP contribution in [-0.4, -0.2) is 16.5 Å². The minimum atomic E-state index is 0.615. The van der Waals surface area contributed by atoms with Gasteiger partial charge in [-0.15, -0.1) is 0 Å². The lowest BCUT2D eigenvalue weighted by molar-refractivity contribution is 0.606. The summed E-state index contributed by atoms with van der Waals surface area (Å²) in [6.45, 7) is 7.33. The van der Waals surface area contributed by atoms with E-state index in [2.05, 4.69) is 50.4 Å². The van der Waals surface area contributed by atoms with Gasteiger partial charge >= 0.3 is 0 Å². The minimum Gasteiger partial charge on any atom is -0.370 e. The van der Waals surface area contributed by atoms with Gasteiger partial charge in [0.25, 0.3) is 0 Å². The number of aryl methyl sites for hydroxylation is 1. The molecule has 0 radical (unpaired) electrons. The molecule has 2 N–H and O–H groups in total. The Morgan fingerprint density at radius 1 is 1.14 bits per heavy atom. The Bertz CT molecular complexity index is 581. The zero-order valence-electron chi connectivity index (χ0n) is 12.7. The second-order valence-corrected chi connectivity index (χ2v) is 6.38. The molecular formula is C16H21BrN4. The predicted octanol–water partition coefficient (Wildman–Crippen LogP) is 4.75. The van der Waals surface area contributed by atoms with Gasteiger partial charge in [-0.05, 0) is 43.5 Å². The normalized spacial score (nSPS) is 10.7. The second-order valence-electron chi connectivity index (χ2n) is 5.46. The molecule has 5 heteroatoms. The van der Waals surface area contributed by atoms with Gasteiger partial charge in [0, 0.05) is 28.5 Å². The first-order valence-electron chi connectivity index (χ1n) is 7.15. The lowest BCUT2D eigenvalue weighted by Crippen LogP contribution is -2.08. The number of halogens is 1. The third-order valence-electron chi connectivity index (χ3n) is 2.98. The van der Waals surface area contributed by atoms with Crippen LogP contribution in [0.2, 0.25) is 0 Å². The maximum Gasteiger partial charge on any atom is 0.229 e. The first-order valence-corrected chi connectivity index (χ1v) is 7.94. The number of nitrogens with one attached hydrogen (secondary N) is 2. The zero-order valence-corrected chi connectivity index (χ0v) is 14.2. The topological polar surface area (TPSA) is 49.8 Å². The summed E-state index contributed by atoms with van der Waals surface area (Å²) in [5.74, 6) is 2.16. The van der Waals surface area contributed by atoms with E-state index in [1.165, 1.54) is 0 Å². The van der Waals surface area contributed by atoms with Crippen LogP contribution in [0.15, 0.2) is 34.8 Å². The first kappa shape index (κ1) is 15.8. The fourth-order valence-corrected chi connectivity index (χ4v) is 2.13. The van der Waals surface area contributed by atoms with E-state index < -0.39 is 0 Å². The van der Waals surface area contributed by atoms with Crippen LogP contribution < -0.4 is 10.6 Å². The number of hydrogen-bond donors (Lipinski definition) is 2. The maximum absolute atomic E-state index is 4.50. The van der Waals surface area contributed by atoms with E-state index in [1.807, 2.05) is 37.3 Å². The Balaban J connectivity index is 2.05. The Labute approximate surface area is 134 Å². The van der Waals surface area contributed by atoms with Crippen LogP contribution in [0.4, 0.5) is 17.5 Å². The van der Waals surface area contributed by atoms with E-state index in [-0.39, 0.29) is 0 Å². The summed E-state index contributed by atoms with van der Waals surface area (Å²) >= 11 is 3.43. The number of nitrogens with zero attached hydrogens (tertiary/aromatic N) is 2. The summed E-state index contributed by atoms with van der Waals surface area (Å²) in [6, 6.07) is 9.91. The van der Waals surface area contributed by atoms with Gasteiger partial charge in [0.05, 0.1) is 0 Å². The van der Waals surface area contributed by atoms with Crippen LogP contribution >= 0.6 is 15.9 Å². The summed E-state index contributed by atoms with van der Waals surface area (Å²) in [4.78, 5) is 8.92. The molecule has 21 heavy (non-hydrogen) atoms. The second kappa shape index (κ2) is 7.41. The molecule has 0 amide bonds. The molecule has 1 aromatic carbocycles. The molecule has 4 nitrogen and oxygen atoms in total. The fraction of sp³-hybridized carbons (Fsp3) is 0.375. The number of hydrogen-bond acceptors (Lipinski definition) is 4. The molecule has 2 rings (SSSR count). The van der Waals surface area contributed by atoms with Crippen LogP contribution in [0.5, 0.6) is 0 Å². The van der Waals surface area contributed by atoms with Crippen LogP contribution in [0.25, 0.3) is 0 Å². The molecule has 0 spiro atoms. The summed E-state index contributed by atoms with van der Waals surface area (Å²) in [5, 5.41) is 6.58. The highest BCUT2D eigenvalue weighted by Crippen LogP contribution is 2.18. The van der Waals surface area contributed by atoms with Crippen LogP contribution in [0.3, 0.4) is 0 Å². The molecule has 0 aliphatic heterocycles. The summed E-state index contributed by atoms with van der Waals surface area (Å²) in [6.07, 6.45) is 1.12. The molecule has 1 aromatic heterocycles. The largest absolute Gasteiger partial charge is 0.370 e. The first-order chi connectivity index (χ1) is 10.0. The molecule has 0 atom stereocenters. The van der Waals surface area contributed by atoms with Crippen LogP contribution in [0, 0.1) is 12.8 Å². The third kappa shape index (κ3) is 5.34. The fourth-order valence-electron chi connectivity index (χ4n) is 1.87. The highest BCUT2D eigenvalue weighted by Gasteiger charge is 2.03. The van der Waals surface area contributed by atoms with Gasteiger partial charge in [0.2, 0.25) is 5.95 Å². The van der Waals surface area contributed by atoms with Crippen molar-refractivity contribution in [2.75, 3.05) is 17.2 Å². The van der Waals surface area contributed by atoms with Crippen molar-refractivity contribution in [2.45, 2.75) is 27.2 Å². The van der Waals surface area contributed by atoms with Crippen molar-refractivity contribution in [3.63, 3.8) is 0 Å². The smallest absolute Gasteiger partial charge is 0.229 e. The van der Waals surface area contributed by atoms with Crippen molar-refractivity contribution >= 4 is 33.4 Å². The quantitative estimate of drug-likeness (QED) is 0.790. The Morgan fingerprint density at radius 2 is 1.86 bits per heavy atom. The van der Waals surface area contributed by atoms with E-state index in [0.717, 1.165) is 34.6 Å². The molecule has 2 aromatic rings. The molecular weight excluding hydrogens is 328 g/mol. The van der Waals surface area contributed by atoms with Crippen molar-refractivity contribution < 1.29 is 0 Å². The minimum absolute atomic E-state index is 0.615. The molecule has 0 fully saturated rings. The monoisotopic (exact) mass is 348 g/mol. The van der Waals surface area contributed by atoms with Gasteiger partial charge < -0.3 is 10.6 Å². The van der Waals surface area contributed by atoms with Crippen molar-refractivity contribution in [2.24, 2.45) is 5.92 Å². The molecule has 112 valence electrons. The van der Waals surface area contributed by atoms with Crippen molar-refractivity contribution in [1.29, 1.82) is 0 Å². The number of benzene rings is 1. The van der Waals surface area contributed by atoms with Crippen LogP contribution in [0.1, 0.15) is 26.0 Å². The number of rotatable bonds is 6. The number of aromatic nitrogens is 2. The van der Waals surface area contributed by atoms with Gasteiger partial charge in [0.1, 0.15) is 5.82 Å². The van der Waals surface area contributed by atoms with Crippen molar-refractivity contribution in [3.05, 3.63) is 40.5 Å². The molecule has 0 unspecified atom stereocenters. The summed E-state index contributed by atoms with van der Waals surface area (Å²) in [5.41, 5.74) is 1.91. The SMILES string of the molecule is Cc1cc(NCCC(C)C)nc(Nc2ccc(Br)cc2)n1. The standard InChI is InChI=1S/C16H21BrN4/c1-11(2)8-9-18-15-10-12(3)19-16(21-15)20-14-6-4-13(17)5-7-14/h4-7,10-11H,8-9H2,1-3H3,(H2,18,19,20,21). The van der Waals surface area contributed by atoms with Crippen molar-refractivity contribution in [3.8, 4) is 0 Å². The van der Waals surface area contributed by atoms with Gasteiger partial charge in [-0.1, -0.05) is 29.8 Å². The van der Waals surface area contributed by atoms with Gasteiger partial charge in [0.15, 0.2) is 0 Å². The molecule has 0 bridgehead atoms.